The third-order valence-electron chi connectivity index (χ3n) is 3.23. The number of pyridine rings is 1. The predicted molar refractivity (Wildman–Crippen MR) is 86.5 cm³/mol. The third kappa shape index (κ3) is 4.97. The van der Waals surface area contributed by atoms with Crippen molar-refractivity contribution >= 4 is 5.91 Å². The fourth-order valence-corrected chi connectivity index (χ4v) is 1.90. The number of carbonyl (C=O) groups excluding carboxylic acids is 1. The van der Waals surface area contributed by atoms with Gasteiger partial charge in [0.1, 0.15) is 0 Å². The van der Waals surface area contributed by atoms with Crippen molar-refractivity contribution in [1.29, 1.82) is 0 Å². The van der Waals surface area contributed by atoms with Crippen molar-refractivity contribution in [3.8, 4) is 0 Å². The molecule has 2 rings (SSSR count). The van der Waals surface area contributed by atoms with E-state index in [0.29, 0.717) is 18.7 Å². The Balaban J connectivity index is 1.86. The number of aromatic nitrogens is 1. The van der Waals surface area contributed by atoms with Crippen molar-refractivity contribution in [3.63, 3.8) is 0 Å². The predicted octanol–water partition coefficient (Wildman–Crippen LogP) is 3.25. The molecule has 1 amide bonds. The van der Waals surface area contributed by atoms with Gasteiger partial charge in [-0.25, -0.2) is 0 Å². The minimum Gasteiger partial charge on any atom is -0.374 e. The molecule has 22 heavy (non-hydrogen) atoms. The van der Waals surface area contributed by atoms with Crippen LogP contribution in [0.2, 0.25) is 0 Å². The molecule has 0 spiro atoms. The summed E-state index contributed by atoms with van der Waals surface area (Å²) < 4.78 is 5.56. The Morgan fingerprint density at radius 1 is 1.14 bits per heavy atom. The number of rotatable bonds is 6. The molecule has 0 bridgehead atoms. The lowest BCUT2D eigenvalue weighted by atomic mass is 10.1. The van der Waals surface area contributed by atoms with Gasteiger partial charge in [0.25, 0.3) is 5.91 Å². The molecule has 0 aliphatic rings. The molecule has 0 saturated heterocycles. The molecule has 0 unspecified atom stereocenters. The zero-order chi connectivity index (χ0) is 15.9. The van der Waals surface area contributed by atoms with Crippen molar-refractivity contribution in [2.45, 2.75) is 40.0 Å². The van der Waals surface area contributed by atoms with Crippen molar-refractivity contribution in [2.75, 3.05) is 0 Å². The number of benzene rings is 1. The van der Waals surface area contributed by atoms with Crippen LogP contribution in [0.5, 0.6) is 0 Å². The first-order valence-corrected chi connectivity index (χ1v) is 7.45. The van der Waals surface area contributed by atoms with E-state index in [1.807, 2.05) is 51.1 Å². The number of carbonyl (C=O) groups is 1. The molecule has 2 aromatic rings. The minimum atomic E-state index is -0.111. The number of nitrogens with one attached hydrogen (secondary N) is 1. The first kappa shape index (κ1) is 16.2. The molecule has 0 radical (unpaired) electrons. The third-order valence-corrected chi connectivity index (χ3v) is 3.23. The quantitative estimate of drug-likeness (QED) is 0.890. The first-order chi connectivity index (χ1) is 10.5. The second-order valence-corrected chi connectivity index (χ2v) is 5.55. The van der Waals surface area contributed by atoms with Gasteiger partial charge in [0.15, 0.2) is 0 Å². The standard InChI is InChI=1S/C18H22N2O2/c1-13(2)22-12-16-7-5-15(6-8-16)10-20-18(21)17-9-4-14(3)19-11-17/h4-9,11,13H,10,12H2,1-3H3,(H,20,21). The van der Waals surface area contributed by atoms with E-state index >= 15 is 0 Å². The molecule has 1 aromatic carbocycles. The Kier molecular flexibility index (Phi) is 5.67. The lowest BCUT2D eigenvalue weighted by Gasteiger charge is -2.09. The Labute approximate surface area is 131 Å². The molecular formula is C18H22N2O2. The highest BCUT2D eigenvalue weighted by Gasteiger charge is 2.05. The topological polar surface area (TPSA) is 51.2 Å². The molecule has 1 N–H and O–H groups in total. The van der Waals surface area contributed by atoms with E-state index in [9.17, 15) is 4.79 Å². The number of aryl methyl sites for hydroxylation is 1. The molecule has 1 heterocycles. The molecule has 116 valence electrons. The van der Waals surface area contributed by atoms with E-state index in [2.05, 4.69) is 10.3 Å². The van der Waals surface area contributed by atoms with Gasteiger partial charge in [-0.1, -0.05) is 24.3 Å². The molecule has 1 aromatic heterocycles. The lowest BCUT2D eigenvalue weighted by Crippen LogP contribution is -2.22. The number of ether oxygens (including phenoxy) is 1. The van der Waals surface area contributed by atoms with Crippen molar-refractivity contribution < 1.29 is 9.53 Å². The van der Waals surface area contributed by atoms with E-state index in [-0.39, 0.29) is 12.0 Å². The maximum atomic E-state index is 12.0. The van der Waals surface area contributed by atoms with Gasteiger partial charge in [0.05, 0.1) is 18.3 Å². The van der Waals surface area contributed by atoms with Crippen LogP contribution >= 0.6 is 0 Å². The van der Waals surface area contributed by atoms with E-state index in [0.717, 1.165) is 16.8 Å². The number of amides is 1. The second kappa shape index (κ2) is 7.71. The van der Waals surface area contributed by atoms with Crippen LogP contribution in [-0.4, -0.2) is 17.0 Å². The fourth-order valence-electron chi connectivity index (χ4n) is 1.90. The molecule has 0 atom stereocenters. The normalized spacial score (nSPS) is 10.7. The Morgan fingerprint density at radius 3 is 2.41 bits per heavy atom. The zero-order valence-corrected chi connectivity index (χ0v) is 13.3. The molecule has 4 nitrogen and oxygen atoms in total. The van der Waals surface area contributed by atoms with Gasteiger partial charge in [-0.05, 0) is 44.0 Å². The van der Waals surface area contributed by atoms with Gasteiger partial charge in [-0.3, -0.25) is 9.78 Å². The van der Waals surface area contributed by atoms with Gasteiger partial charge in [0, 0.05) is 18.4 Å². The summed E-state index contributed by atoms with van der Waals surface area (Å²) in [6.45, 7) is 7.04. The summed E-state index contributed by atoms with van der Waals surface area (Å²) in [5, 5.41) is 2.89. The highest BCUT2D eigenvalue weighted by atomic mass is 16.5. The van der Waals surface area contributed by atoms with Crippen molar-refractivity contribution in [3.05, 3.63) is 65.0 Å². The fraction of sp³-hybridized carbons (Fsp3) is 0.333. The summed E-state index contributed by atoms with van der Waals surface area (Å²) in [6, 6.07) is 11.7. The number of nitrogens with zero attached hydrogens (tertiary/aromatic N) is 1. The highest BCUT2D eigenvalue weighted by molar-refractivity contribution is 5.93. The Bertz CT molecular complexity index is 604. The van der Waals surface area contributed by atoms with Crippen LogP contribution in [-0.2, 0) is 17.9 Å². The number of hydrogen-bond donors (Lipinski definition) is 1. The van der Waals surface area contributed by atoms with Crippen LogP contribution in [0.4, 0.5) is 0 Å². The maximum Gasteiger partial charge on any atom is 0.253 e. The smallest absolute Gasteiger partial charge is 0.253 e. The minimum absolute atomic E-state index is 0.111. The molecule has 4 heteroatoms. The average molecular weight is 298 g/mol. The average Bonchev–Trinajstić information content (AvgIpc) is 2.52. The van der Waals surface area contributed by atoms with Gasteiger partial charge in [0.2, 0.25) is 0 Å². The van der Waals surface area contributed by atoms with Crippen molar-refractivity contribution in [1.82, 2.24) is 10.3 Å². The molecular weight excluding hydrogens is 276 g/mol. The molecule has 0 aliphatic heterocycles. The molecule has 0 saturated carbocycles. The van der Waals surface area contributed by atoms with Crippen LogP contribution in [0.1, 0.15) is 41.0 Å². The second-order valence-electron chi connectivity index (χ2n) is 5.55. The van der Waals surface area contributed by atoms with E-state index < -0.39 is 0 Å². The maximum absolute atomic E-state index is 12.0. The zero-order valence-electron chi connectivity index (χ0n) is 13.3. The van der Waals surface area contributed by atoms with Gasteiger partial charge in [-0.2, -0.15) is 0 Å². The summed E-state index contributed by atoms with van der Waals surface area (Å²) in [5.74, 6) is -0.111. The summed E-state index contributed by atoms with van der Waals surface area (Å²) in [4.78, 5) is 16.1. The van der Waals surface area contributed by atoms with Crippen LogP contribution in [0.15, 0.2) is 42.6 Å². The summed E-state index contributed by atoms with van der Waals surface area (Å²) in [6.07, 6.45) is 1.82. The SMILES string of the molecule is Cc1ccc(C(=O)NCc2ccc(COC(C)C)cc2)cn1. The van der Waals surface area contributed by atoms with Crippen molar-refractivity contribution in [2.24, 2.45) is 0 Å². The Morgan fingerprint density at radius 2 is 1.82 bits per heavy atom. The van der Waals surface area contributed by atoms with Crippen LogP contribution < -0.4 is 5.32 Å². The highest BCUT2D eigenvalue weighted by Crippen LogP contribution is 2.07. The summed E-state index contributed by atoms with van der Waals surface area (Å²) in [5.41, 5.74) is 3.66. The van der Waals surface area contributed by atoms with Crippen LogP contribution in [0.25, 0.3) is 0 Å². The van der Waals surface area contributed by atoms with Gasteiger partial charge in [-0.15, -0.1) is 0 Å². The summed E-state index contributed by atoms with van der Waals surface area (Å²) >= 11 is 0. The molecule has 0 aliphatic carbocycles. The van der Waals surface area contributed by atoms with E-state index in [1.165, 1.54) is 0 Å². The number of hydrogen-bond acceptors (Lipinski definition) is 3. The largest absolute Gasteiger partial charge is 0.374 e. The molecule has 0 fully saturated rings. The summed E-state index contributed by atoms with van der Waals surface area (Å²) in [7, 11) is 0. The first-order valence-electron chi connectivity index (χ1n) is 7.45. The van der Waals surface area contributed by atoms with E-state index in [4.69, 9.17) is 4.74 Å². The van der Waals surface area contributed by atoms with Crippen LogP contribution in [0.3, 0.4) is 0 Å². The van der Waals surface area contributed by atoms with E-state index in [1.54, 1.807) is 12.3 Å². The van der Waals surface area contributed by atoms with Crippen LogP contribution in [0, 0.1) is 6.92 Å². The Hall–Kier alpha value is -2.20. The van der Waals surface area contributed by atoms with Gasteiger partial charge < -0.3 is 10.1 Å². The van der Waals surface area contributed by atoms with Gasteiger partial charge >= 0.3 is 0 Å². The lowest BCUT2D eigenvalue weighted by molar-refractivity contribution is 0.0657. The monoisotopic (exact) mass is 298 g/mol.